The van der Waals surface area contributed by atoms with Gasteiger partial charge in [0.15, 0.2) is 23.0 Å². The first-order valence-electron chi connectivity index (χ1n) is 7.30. The van der Waals surface area contributed by atoms with Gasteiger partial charge >= 0.3 is 6.29 Å². The Balaban J connectivity index is 1.80. The molecule has 9 heteroatoms. The second-order valence-corrected chi connectivity index (χ2v) is 5.36. The smallest absolute Gasteiger partial charge is 0.399 e. The number of benzene rings is 1. The maximum absolute atomic E-state index is 13.2. The van der Waals surface area contributed by atoms with Crippen LogP contribution in [0, 0.1) is 0 Å². The molecular formula is C16H12F2N4O3. The summed E-state index contributed by atoms with van der Waals surface area (Å²) in [5.41, 5.74) is 2.65. The molecule has 1 aromatic carbocycles. The first kappa shape index (κ1) is 15.3. The number of aromatic nitrogens is 3. The average molecular weight is 346 g/mol. The third-order valence-electron chi connectivity index (χ3n) is 3.71. The summed E-state index contributed by atoms with van der Waals surface area (Å²) in [6.07, 6.45) is -1.86. The molecule has 4 rings (SSSR count). The molecule has 25 heavy (non-hydrogen) atoms. The Morgan fingerprint density at radius 2 is 1.96 bits per heavy atom. The molecule has 0 amide bonds. The van der Waals surface area contributed by atoms with Gasteiger partial charge in [0, 0.05) is 17.3 Å². The lowest BCUT2D eigenvalue weighted by molar-refractivity contribution is -0.286. The highest BCUT2D eigenvalue weighted by molar-refractivity contribution is 5.98. The third-order valence-corrected chi connectivity index (χ3v) is 3.71. The highest BCUT2D eigenvalue weighted by Crippen LogP contribution is 2.42. The maximum Gasteiger partial charge on any atom is 0.586 e. The van der Waals surface area contributed by atoms with Gasteiger partial charge in [0.1, 0.15) is 7.11 Å². The van der Waals surface area contributed by atoms with Gasteiger partial charge in [-0.25, -0.2) is 0 Å². The Labute approximate surface area is 140 Å². The number of nitrogens with zero attached hydrogens (tertiary/aromatic N) is 4. The standard InChI is InChI=1S/C16H12F2N4O3/c1-9(21-23-2)11-4-6-14-19-20-15(22(14)8-11)10-3-5-12-13(7-10)25-16(17,18)24-12/h3-8H,1-2H3/b21-9+. The molecule has 0 radical (unpaired) electrons. The lowest BCUT2D eigenvalue weighted by Gasteiger charge is -2.05. The van der Waals surface area contributed by atoms with Gasteiger partial charge in [-0.15, -0.1) is 19.0 Å². The SMILES string of the molecule is CO/N=C(\C)c1ccc2nnc(-c3ccc4c(c3)OC(F)(F)O4)n2c1. The molecule has 0 aliphatic carbocycles. The van der Waals surface area contributed by atoms with Crippen molar-refractivity contribution in [3.8, 4) is 22.9 Å². The van der Waals surface area contributed by atoms with E-state index >= 15 is 0 Å². The zero-order valence-electron chi connectivity index (χ0n) is 13.2. The third kappa shape index (κ3) is 2.63. The number of fused-ring (bicyclic) bond motifs is 2. The molecule has 0 bridgehead atoms. The minimum Gasteiger partial charge on any atom is -0.399 e. The van der Waals surface area contributed by atoms with Crippen molar-refractivity contribution in [2.24, 2.45) is 5.16 Å². The predicted molar refractivity (Wildman–Crippen MR) is 83.8 cm³/mol. The fraction of sp³-hybridized carbons (Fsp3) is 0.188. The molecule has 128 valence electrons. The van der Waals surface area contributed by atoms with Crippen molar-refractivity contribution in [2.45, 2.75) is 13.2 Å². The van der Waals surface area contributed by atoms with E-state index in [1.807, 2.05) is 6.07 Å². The van der Waals surface area contributed by atoms with Crippen molar-refractivity contribution < 1.29 is 23.1 Å². The number of rotatable bonds is 3. The largest absolute Gasteiger partial charge is 0.586 e. The van der Waals surface area contributed by atoms with Crippen LogP contribution in [0.25, 0.3) is 17.0 Å². The molecule has 3 aromatic rings. The van der Waals surface area contributed by atoms with Crippen LogP contribution < -0.4 is 9.47 Å². The van der Waals surface area contributed by atoms with Crippen molar-refractivity contribution in [3.63, 3.8) is 0 Å². The van der Waals surface area contributed by atoms with Crippen LogP contribution in [-0.4, -0.2) is 33.7 Å². The van der Waals surface area contributed by atoms with Gasteiger partial charge in [-0.3, -0.25) is 4.40 Å². The number of ether oxygens (including phenoxy) is 2. The van der Waals surface area contributed by atoms with Gasteiger partial charge in [0.2, 0.25) is 0 Å². The second-order valence-electron chi connectivity index (χ2n) is 5.36. The summed E-state index contributed by atoms with van der Waals surface area (Å²) < 4.78 is 37.0. The Hall–Kier alpha value is -3.23. The molecule has 0 unspecified atom stereocenters. The van der Waals surface area contributed by atoms with E-state index in [1.54, 1.807) is 29.7 Å². The van der Waals surface area contributed by atoms with Crippen molar-refractivity contribution in [1.82, 2.24) is 14.6 Å². The van der Waals surface area contributed by atoms with E-state index in [1.165, 1.54) is 19.2 Å². The van der Waals surface area contributed by atoms with Crippen LogP contribution in [0.15, 0.2) is 41.7 Å². The Kier molecular flexibility index (Phi) is 3.31. The first-order chi connectivity index (χ1) is 12.0. The summed E-state index contributed by atoms with van der Waals surface area (Å²) in [6, 6.07) is 8.08. The maximum atomic E-state index is 13.2. The zero-order chi connectivity index (χ0) is 17.6. The van der Waals surface area contributed by atoms with Crippen molar-refractivity contribution in [3.05, 3.63) is 42.1 Å². The summed E-state index contributed by atoms with van der Waals surface area (Å²) in [6.45, 7) is 1.80. The van der Waals surface area contributed by atoms with Gasteiger partial charge in [-0.05, 0) is 37.3 Å². The summed E-state index contributed by atoms with van der Waals surface area (Å²) in [5, 5.41) is 12.1. The van der Waals surface area contributed by atoms with Crippen molar-refractivity contribution >= 4 is 11.4 Å². The highest BCUT2D eigenvalue weighted by Gasteiger charge is 2.43. The predicted octanol–water partition coefficient (Wildman–Crippen LogP) is 3.09. The quantitative estimate of drug-likeness (QED) is 0.538. The number of hydrogen-bond acceptors (Lipinski definition) is 6. The molecule has 1 aliphatic heterocycles. The van der Waals surface area contributed by atoms with Gasteiger partial charge in [-0.2, -0.15) is 0 Å². The topological polar surface area (TPSA) is 70.2 Å². The van der Waals surface area contributed by atoms with Gasteiger partial charge in [0.25, 0.3) is 0 Å². The average Bonchev–Trinajstić information content (AvgIpc) is 3.12. The molecular weight excluding hydrogens is 334 g/mol. The molecule has 0 fully saturated rings. The van der Waals surface area contributed by atoms with Crippen LogP contribution in [0.1, 0.15) is 12.5 Å². The van der Waals surface area contributed by atoms with Gasteiger partial charge in [-0.1, -0.05) is 5.16 Å². The second kappa shape index (κ2) is 5.40. The minimum absolute atomic E-state index is 0.0219. The summed E-state index contributed by atoms with van der Waals surface area (Å²) >= 11 is 0. The fourth-order valence-electron chi connectivity index (χ4n) is 2.58. The van der Waals surface area contributed by atoms with Gasteiger partial charge < -0.3 is 14.3 Å². The number of pyridine rings is 1. The molecule has 0 N–H and O–H groups in total. The van der Waals surface area contributed by atoms with Crippen LogP contribution >= 0.6 is 0 Å². The van der Waals surface area contributed by atoms with E-state index in [-0.39, 0.29) is 11.5 Å². The Bertz CT molecular complexity index is 1000. The lowest BCUT2D eigenvalue weighted by Crippen LogP contribution is -2.25. The number of halogens is 2. The Morgan fingerprint density at radius 1 is 1.16 bits per heavy atom. The zero-order valence-corrected chi connectivity index (χ0v) is 13.2. The van der Waals surface area contributed by atoms with Crippen molar-refractivity contribution in [2.75, 3.05) is 7.11 Å². The Morgan fingerprint density at radius 3 is 2.76 bits per heavy atom. The molecule has 0 saturated heterocycles. The molecule has 2 aromatic heterocycles. The fourth-order valence-corrected chi connectivity index (χ4v) is 2.58. The van der Waals surface area contributed by atoms with Crippen LogP contribution in [0.4, 0.5) is 8.78 Å². The molecule has 0 spiro atoms. The van der Waals surface area contributed by atoms with Gasteiger partial charge in [0.05, 0.1) is 5.71 Å². The molecule has 1 aliphatic rings. The van der Waals surface area contributed by atoms with E-state index in [9.17, 15) is 8.78 Å². The molecule has 0 saturated carbocycles. The van der Waals surface area contributed by atoms with Crippen LogP contribution in [-0.2, 0) is 4.84 Å². The normalized spacial score (nSPS) is 15.6. The summed E-state index contributed by atoms with van der Waals surface area (Å²) in [4.78, 5) is 4.78. The van der Waals surface area contributed by atoms with Crippen LogP contribution in [0.5, 0.6) is 11.5 Å². The monoisotopic (exact) mass is 346 g/mol. The van der Waals surface area contributed by atoms with Crippen LogP contribution in [0.2, 0.25) is 0 Å². The van der Waals surface area contributed by atoms with E-state index < -0.39 is 6.29 Å². The van der Waals surface area contributed by atoms with Crippen LogP contribution in [0.3, 0.4) is 0 Å². The van der Waals surface area contributed by atoms with E-state index in [0.717, 1.165) is 5.56 Å². The number of alkyl halides is 2. The summed E-state index contributed by atoms with van der Waals surface area (Å²) in [7, 11) is 1.47. The molecule has 7 nitrogen and oxygen atoms in total. The number of hydrogen-bond donors (Lipinski definition) is 0. The minimum atomic E-state index is -3.66. The summed E-state index contributed by atoms with van der Waals surface area (Å²) in [5.74, 6) is 0.405. The van der Waals surface area contributed by atoms with E-state index in [4.69, 9.17) is 4.84 Å². The highest BCUT2D eigenvalue weighted by atomic mass is 19.3. The van der Waals surface area contributed by atoms with Crippen molar-refractivity contribution in [1.29, 1.82) is 0 Å². The van der Waals surface area contributed by atoms with E-state index in [2.05, 4.69) is 24.8 Å². The molecule has 3 heterocycles. The number of oxime groups is 1. The van der Waals surface area contributed by atoms with E-state index in [0.29, 0.717) is 22.7 Å². The first-order valence-corrected chi connectivity index (χ1v) is 7.30. The molecule has 0 atom stereocenters. The lowest BCUT2D eigenvalue weighted by atomic mass is 10.1.